The molecule has 0 aromatic carbocycles. The van der Waals surface area contributed by atoms with Gasteiger partial charge in [-0.2, -0.15) is 0 Å². The molecule has 0 aliphatic rings. The highest BCUT2D eigenvalue weighted by molar-refractivity contribution is 5.90. The van der Waals surface area contributed by atoms with Crippen LogP contribution in [0.5, 0.6) is 0 Å². The average Bonchev–Trinajstić information content (AvgIpc) is 2.13. The first kappa shape index (κ1) is 15.9. The molecule has 0 aliphatic carbocycles. The third-order valence-corrected chi connectivity index (χ3v) is 1.33. The Balaban J connectivity index is 0. The number of nitrogens with two attached hydrogens (primary N) is 4. The van der Waals surface area contributed by atoms with Gasteiger partial charge in [0.15, 0.2) is 5.96 Å². The van der Waals surface area contributed by atoms with E-state index in [1.807, 2.05) is 0 Å². The summed E-state index contributed by atoms with van der Waals surface area (Å²) in [6.45, 7) is 6.25. The molecular weight excluding hydrogens is 194 g/mol. The molecule has 8 N–H and O–H groups in total. The van der Waals surface area contributed by atoms with Crippen molar-refractivity contribution in [2.45, 2.75) is 19.8 Å². The van der Waals surface area contributed by atoms with Gasteiger partial charge in [0.25, 0.3) is 0 Å². The van der Waals surface area contributed by atoms with Gasteiger partial charge < -0.3 is 22.9 Å². The number of nitrogens with zero attached hydrogens (tertiary/aromatic N) is 1. The van der Waals surface area contributed by atoms with Crippen LogP contribution in [-0.4, -0.2) is 25.0 Å². The lowest BCUT2D eigenvalue weighted by molar-refractivity contribution is -0.114. The molecule has 0 unspecified atom stereocenters. The number of carbonyl (C=O) groups excluding carboxylic acids is 1. The van der Waals surface area contributed by atoms with Crippen LogP contribution in [0.1, 0.15) is 19.8 Å². The van der Waals surface area contributed by atoms with Crippen molar-refractivity contribution in [3.05, 3.63) is 12.2 Å². The van der Waals surface area contributed by atoms with E-state index in [1.54, 1.807) is 6.92 Å². The number of aliphatic imine (C=N–C) groups is 1. The smallest absolute Gasteiger partial charge is 0.243 e. The maximum atomic E-state index is 9.82. The van der Waals surface area contributed by atoms with Crippen LogP contribution in [0.3, 0.4) is 0 Å². The highest BCUT2D eigenvalue weighted by Crippen LogP contribution is 1.84. The first-order chi connectivity index (χ1) is 6.91. The lowest BCUT2D eigenvalue weighted by Crippen LogP contribution is -2.23. The highest BCUT2D eigenvalue weighted by Gasteiger charge is 1.86. The molecule has 0 aromatic heterocycles. The zero-order valence-corrected chi connectivity index (χ0v) is 9.20. The molecule has 0 saturated heterocycles. The number of amides is 1. The number of rotatable bonds is 5. The second-order valence-corrected chi connectivity index (χ2v) is 2.95. The Hall–Kier alpha value is -1.56. The first-order valence-corrected chi connectivity index (χ1v) is 4.62. The molecule has 6 nitrogen and oxygen atoms in total. The van der Waals surface area contributed by atoms with Gasteiger partial charge in [-0.15, -0.1) is 0 Å². The molecule has 0 radical (unpaired) electrons. The van der Waals surface area contributed by atoms with E-state index in [1.165, 1.54) is 0 Å². The summed E-state index contributed by atoms with van der Waals surface area (Å²) in [5.41, 5.74) is 20.5. The molecule has 0 rings (SSSR count). The van der Waals surface area contributed by atoms with Crippen LogP contribution >= 0.6 is 0 Å². The molecule has 0 aliphatic heterocycles. The molecule has 0 saturated carbocycles. The summed E-state index contributed by atoms with van der Waals surface area (Å²) in [5, 5.41) is 0. The van der Waals surface area contributed by atoms with Crippen molar-refractivity contribution in [3.63, 3.8) is 0 Å². The van der Waals surface area contributed by atoms with Gasteiger partial charge in [0.2, 0.25) is 5.91 Å². The summed E-state index contributed by atoms with van der Waals surface area (Å²) in [4.78, 5) is 13.6. The van der Waals surface area contributed by atoms with Gasteiger partial charge in [0.1, 0.15) is 0 Å². The Bertz CT molecular complexity index is 209. The summed E-state index contributed by atoms with van der Waals surface area (Å²) < 4.78 is 0. The Morgan fingerprint density at radius 3 is 2.00 bits per heavy atom. The summed E-state index contributed by atoms with van der Waals surface area (Å²) in [6.07, 6.45) is 1.95. The lowest BCUT2D eigenvalue weighted by atomic mass is 10.3. The first-order valence-electron chi connectivity index (χ1n) is 4.62. The quantitative estimate of drug-likeness (QED) is 0.203. The topological polar surface area (TPSA) is 134 Å². The van der Waals surface area contributed by atoms with Gasteiger partial charge in [0, 0.05) is 12.1 Å². The number of unbranched alkanes of at least 4 members (excludes halogenated alkanes) is 1. The SMILES string of the molecule is C=C(C)C(N)=O.NCCCCN=C(N)N. The number of hydrogen-bond acceptors (Lipinski definition) is 3. The Labute approximate surface area is 90.4 Å². The minimum absolute atomic E-state index is 0.159. The van der Waals surface area contributed by atoms with Crippen LogP contribution < -0.4 is 22.9 Å². The molecule has 0 atom stereocenters. The zero-order valence-electron chi connectivity index (χ0n) is 9.20. The second-order valence-electron chi connectivity index (χ2n) is 2.95. The number of hydrogen-bond donors (Lipinski definition) is 4. The maximum absolute atomic E-state index is 9.82. The van der Waals surface area contributed by atoms with Crippen LogP contribution in [0.25, 0.3) is 0 Å². The van der Waals surface area contributed by atoms with E-state index in [0.717, 1.165) is 12.8 Å². The van der Waals surface area contributed by atoms with Gasteiger partial charge in [0.05, 0.1) is 0 Å². The van der Waals surface area contributed by atoms with Crippen molar-refractivity contribution in [2.24, 2.45) is 27.9 Å². The summed E-state index contributed by atoms with van der Waals surface area (Å²) in [5.74, 6) is -0.276. The molecular formula is C9H21N5O. The lowest BCUT2D eigenvalue weighted by Gasteiger charge is -1.92. The van der Waals surface area contributed by atoms with Crippen molar-refractivity contribution in [3.8, 4) is 0 Å². The molecule has 0 fully saturated rings. The Morgan fingerprint density at radius 2 is 1.73 bits per heavy atom. The van der Waals surface area contributed by atoms with Crippen molar-refractivity contribution in [2.75, 3.05) is 13.1 Å². The average molecular weight is 215 g/mol. The van der Waals surface area contributed by atoms with E-state index >= 15 is 0 Å². The maximum Gasteiger partial charge on any atom is 0.243 e. The van der Waals surface area contributed by atoms with E-state index in [9.17, 15) is 4.79 Å². The number of carbonyl (C=O) groups is 1. The minimum Gasteiger partial charge on any atom is -0.370 e. The monoisotopic (exact) mass is 215 g/mol. The summed E-state index contributed by atoms with van der Waals surface area (Å²) >= 11 is 0. The van der Waals surface area contributed by atoms with E-state index in [-0.39, 0.29) is 5.96 Å². The van der Waals surface area contributed by atoms with Gasteiger partial charge in [-0.3, -0.25) is 9.79 Å². The Kier molecular flexibility index (Phi) is 11.1. The fourth-order valence-corrected chi connectivity index (χ4v) is 0.464. The molecule has 0 spiro atoms. The van der Waals surface area contributed by atoms with Crippen molar-refractivity contribution in [1.29, 1.82) is 0 Å². The predicted octanol–water partition coefficient (Wildman–Crippen LogP) is -0.953. The molecule has 15 heavy (non-hydrogen) atoms. The van der Waals surface area contributed by atoms with Crippen molar-refractivity contribution >= 4 is 11.9 Å². The number of primary amides is 1. The normalized spacial score (nSPS) is 8.40. The van der Waals surface area contributed by atoms with Gasteiger partial charge >= 0.3 is 0 Å². The van der Waals surface area contributed by atoms with Crippen LogP contribution in [0, 0.1) is 0 Å². The van der Waals surface area contributed by atoms with Gasteiger partial charge in [-0.05, 0) is 26.3 Å². The standard InChI is InChI=1S/C5H14N4.C4H7NO/c6-3-1-2-4-9-5(7)8;1-3(2)4(5)6/h1-4,6H2,(H4,7,8,9);1H2,2H3,(H2,5,6). The Morgan fingerprint density at radius 1 is 1.27 bits per heavy atom. The molecule has 0 bridgehead atoms. The molecule has 6 heteroatoms. The molecule has 0 aromatic rings. The van der Waals surface area contributed by atoms with Gasteiger partial charge in [-0.25, -0.2) is 0 Å². The summed E-state index contributed by atoms with van der Waals surface area (Å²) in [7, 11) is 0. The predicted molar refractivity (Wildman–Crippen MR) is 63.0 cm³/mol. The van der Waals surface area contributed by atoms with E-state index < -0.39 is 5.91 Å². The third kappa shape index (κ3) is 19.0. The van der Waals surface area contributed by atoms with E-state index in [4.69, 9.17) is 22.9 Å². The summed E-state index contributed by atoms with van der Waals surface area (Å²) in [6, 6.07) is 0. The van der Waals surface area contributed by atoms with Crippen LogP contribution in [0.15, 0.2) is 17.1 Å². The van der Waals surface area contributed by atoms with Crippen LogP contribution in [-0.2, 0) is 4.79 Å². The van der Waals surface area contributed by atoms with Crippen LogP contribution in [0.2, 0.25) is 0 Å². The molecule has 0 heterocycles. The van der Waals surface area contributed by atoms with Crippen molar-refractivity contribution in [1.82, 2.24) is 0 Å². The van der Waals surface area contributed by atoms with Crippen molar-refractivity contribution < 1.29 is 4.79 Å². The zero-order chi connectivity index (χ0) is 12.3. The minimum atomic E-state index is -0.435. The number of guanidine groups is 1. The van der Waals surface area contributed by atoms with Crippen LogP contribution in [0.4, 0.5) is 0 Å². The van der Waals surface area contributed by atoms with Gasteiger partial charge in [-0.1, -0.05) is 6.58 Å². The third-order valence-electron chi connectivity index (χ3n) is 1.33. The molecule has 1 amide bonds. The largest absolute Gasteiger partial charge is 0.370 e. The second kappa shape index (κ2) is 10.5. The highest BCUT2D eigenvalue weighted by atomic mass is 16.1. The fraction of sp³-hybridized carbons (Fsp3) is 0.556. The van der Waals surface area contributed by atoms with E-state index in [2.05, 4.69) is 11.6 Å². The fourth-order valence-electron chi connectivity index (χ4n) is 0.464. The molecule has 88 valence electrons. The van der Waals surface area contributed by atoms with E-state index in [0.29, 0.717) is 18.7 Å².